The van der Waals surface area contributed by atoms with E-state index in [4.69, 9.17) is 5.73 Å². The first-order valence-electron chi connectivity index (χ1n) is 10.4. The molecule has 5 nitrogen and oxygen atoms in total. The van der Waals surface area contributed by atoms with E-state index in [2.05, 4.69) is 42.8 Å². The number of nitrogens with two attached hydrogens (primary N) is 1. The summed E-state index contributed by atoms with van der Waals surface area (Å²) >= 11 is 0. The van der Waals surface area contributed by atoms with E-state index < -0.39 is 20.0 Å². The number of hydrogen-bond donors (Lipinski definition) is 2. The minimum absolute atomic E-state index is 0.138. The van der Waals surface area contributed by atoms with Gasteiger partial charge >= 0.3 is 5.97 Å². The minimum atomic E-state index is -2.12. The molecule has 1 aliphatic heterocycles. The number of carboxylic acids is 1. The van der Waals surface area contributed by atoms with Crippen molar-refractivity contribution < 1.29 is 14.7 Å². The Bertz CT molecular complexity index is 1410. The summed E-state index contributed by atoms with van der Waals surface area (Å²) in [4.78, 5) is 26.2. The zero-order valence-corrected chi connectivity index (χ0v) is 19.7. The van der Waals surface area contributed by atoms with Crippen molar-refractivity contribution in [2.45, 2.75) is 13.1 Å². The lowest BCUT2D eigenvalue weighted by Crippen LogP contribution is -2.63. The molecular formula is C26H26N2O3Si. The topological polar surface area (TPSA) is 83.6 Å². The van der Waals surface area contributed by atoms with E-state index >= 15 is 0 Å². The maximum Gasteiger partial charge on any atom is 0.336 e. The van der Waals surface area contributed by atoms with Gasteiger partial charge in [0, 0.05) is 25.3 Å². The van der Waals surface area contributed by atoms with Gasteiger partial charge in [0.25, 0.3) is 0 Å². The number of fused-ring (bicyclic) bond motifs is 2. The van der Waals surface area contributed by atoms with Crippen LogP contribution in [0.5, 0.6) is 0 Å². The third-order valence-corrected chi connectivity index (χ3v) is 9.81. The van der Waals surface area contributed by atoms with Gasteiger partial charge in [0.2, 0.25) is 5.91 Å². The maximum absolute atomic E-state index is 12.2. The minimum Gasteiger partial charge on any atom is -0.478 e. The number of rotatable bonds is 4. The van der Waals surface area contributed by atoms with Crippen LogP contribution >= 0.6 is 0 Å². The van der Waals surface area contributed by atoms with Gasteiger partial charge in [-0.2, -0.15) is 0 Å². The molecule has 0 aromatic heterocycles. The zero-order chi connectivity index (χ0) is 23.4. The molecule has 0 atom stereocenters. The van der Waals surface area contributed by atoms with Crippen LogP contribution in [0.3, 0.4) is 0 Å². The fourth-order valence-corrected chi connectivity index (χ4v) is 7.65. The van der Waals surface area contributed by atoms with E-state index in [1.165, 1.54) is 22.5 Å². The molecule has 0 spiro atoms. The number of benzene rings is 3. The average Bonchev–Trinajstić information content (AvgIpc) is 2.73. The Balaban J connectivity index is 2.22. The van der Waals surface area contributed by atoms with Gasteiger partial charge in [-0.3, -0.25) is 4.79 Å². The molecule has 0 radical (unpaired) electrons. The molecule has 1 aliphatic rings. The monoisotopic (exact) mass is 442 g/mol. The summed E-state index contributed by atoms with van der Waals surface area (Å²) < 4.78 is 0. The lowest BCUT2D eigenvalue weighted by molar-refractivity contribution is 0.0696. The molecule has 0 aliphatic carbocycles. The summed E-state index contributed by atoms with van der Waals surface area (Å²) in [5.41, 5.74) is 9.35. The number of nitrogens with zero attached hydrogens (tertiary/aromatic N) is 1. The largest absolute Gasteiger partial charge is 0.478 e. The molecule has 32 heavy (non-hydrogen) atoms. The summed E-state index contributed by atoms with van der Waals surface area (Å²) in [7, 11) is 1.89. The number of hydrogen-bond acceptors (Lipinski definition) is 3. The van der Waals surface area contributed by atoms with Gasteiger partial charge in [-0.25, -0.2) is 4.79 Å². The fourth-order valence-electron chi connectivity index (χ4n) is 4.54. The molecule has 0 saturated carbocycles. The molecule has 162 valence electrons. The molecule has 3 N–H and O–H groups in total. The van der Waals surface area contributed by atoms with Gasteiger partial charge < -0.3 is 15.7 Å². The molecule has 1 amide bonds. The average molecular weight is 443 g/mol. The quantitative estimate of drug-likeness (QED) is 0.598. The molecule has 0 saturated heterocycles. The highest BCUT2D eigenvalue weighted by Gasteiger charge is 2.36. The number of carbonyl (C=O) groups is 2. The highest BCUT2D eigenvalue weighted by molar-refractivity contribution is 7.01. The fraction of sp³-hybridized carbons (Fsp3) is 0.154. The first-order valence-corrected chi connectivity index (χ1v) is 13.4. The highest BCUT2D eigenvalue weighted by Crippen LogP contribution is 2.29. The Morgan fingerprint density at radius 1 is 0.938 bits per heavy atom. The summed E-state index contributed by atoms with van der Waals surface area (Å²) in [6, 6.07) is 16.9. The van der Waals surface area contributed by atoms with Crippen LogP contribution in [0.15, 0.2) is 54.6 Å². The number of primary amides is 1. The van der Waals surface area contributed by atoms with Crippen LogP contribution in [0.25, 0.3) is 12.2 Å². The Hall–Kier alpha value is -3.64. The van der Waals surface area contributed by atoms with Crippen molar-refractivity contribution in [1.82, 2.24) is 0 Å². The van der Waals surface area contributed by atoms with Crippen molar-refractivity contribution in [2.24, 2.45) is 5.73 Å². The van der Waals surface area contributed by atoms with Crippen molar-refractivity contribution in [3.8, 4) is 0 Å². The molecule has 0 fully saturated rings. The van der Waals surface area contributed by atoms with E-state index in [9.17, 15) is 14.7 Å². The zero-order valence-electron chi connectivity index (χ0n) is 18.7. The normalized spacial score (nSPS) is 13.8. The van der Waals surface area contributed by atoms with E-state index in [1.807, 2.05) is 32.3 Å². The van der Waals surface area contributed by atoms with Crippen LogP contribution in [0.4, 0.5) is 5.69 Å². The molecule has 6 heteroatoms. The first kappa shape index (κ1) is 21.6. The Morgan fingerprint density at radius 3 is 2.28 bits per heavy atom. The highest BCUT2D eigenvalue weighted by atomic mass is 28.3. The number of carbonyl (C=O) groups excluding carboxylic acids is 1. The second kappa shape index (κ2) is 7.49. The number of amides is 1. The van der Waals surface area contributed by atoms with Crippen LogP contribution in [0.2, 0.25) is 13.1 Å². The molecule has 1 heterocycles. The van der Waals surface area contributed by atoms with Gasteiger partial charge in [0.15, 0.2) is 0 Å². The lowest BCUT2D eigenvalue weighted by atomic mass is 9.89. The third kappa shape index (κ3) is 3.33. The van der Waals surface area contributed by atoms with Gasteiger partial charge in [0.05, 0.1) is 5.56 Å². The molecule has 0 bridgehead atoms. The van der Waals surface area contributed by atoms with Gasteiger partial charge in [-0.1, -0.05) is 43.9 Å². The first-order chi connectivity index (χ1) is 15.0. The number of anilines is 1. The van der Waals surface area contributed by atoms with Crippen molar-refractivity contribution in [2.75, 3.05) is 19.0 Å². The van der Waals surface area contributed by atoms with E-state index in [0.717, 1.165) is 27.3 Å². The maximum atomic E-state index is 12.2. The van der Waals surface area contributed by atoms with Crippen molar-refractivity contribution in [3.63, 3.8) is 0 Å². The molecule has 3 aromatic carbocycles. The summed E-state index contributed by atoms with van der Waals surface area (Å²) in [5.74, 6) is -1.64. The second-order valence-corrected chi connectivity index (χ2v) is 13.3. The van der Waals surface area contributed by atoms with E-state index in [-0.39, 0.29) is 11.1 Å². The summed E-state index contributed by atoms with van der Waals surface area (Å²) in [6.45, 7) is 8.73. The van der Waals surface area contributed by atoms with Crippen molar-refractivity contribution >= 4 is 48.2 Å². The Labute approximate surface area is 188 Å². The van der Waals surface area contributed by atoms with Gasteiger partial charge in [-0.05, 0) is 67.8 Å². The Kier molecular flexibility index (Phi) is 5.05. The predicted octanol–water partition coefficient (Wildman–Crippen LogP) is 1.34. The Morgan fingerprint density at radius 2 is 1.66 bits per heavy atom. The lowest BCUT2D eigenvalue weighted by Gasteiger charge is -2.34. The summed E-state index contributed by atoms with van der Waals surface area (Å²) in [5, 5.41) is 14.3. The van der Waals surface area contributed by atoms with Crippen LogP contribution in [-0.2, 0) is 0 Å². The van der Waals surface area contributed by atoms with Gasteiger partial charge in [-0.15, -0.1) is 0 Å². The van der Waals surface area contributed by atoms with Crippen LogP contribution < -0.4 is 31.4 Å². The standard InChI is InChI=1S/C26H26N2O3Si/c1-15-6-9-19-22(12-15)32(4,5)23-14-17(28(2)3)8-11-20(23)24(19)21-13-16(25(27)29)7-10-18(21)26(30)31/h6-14H,1H2,2-5H3,(H2,27,29)(H,30,31). The van der Waals surface area contributed by atoms with E-state index in [0.29, 0.717) is 5.56 Å². The van der Waals surface area contributed by atoms with Crippen LogP contribution in [0.1, 0.15) is 31.8 Å². The SMILES string of the molecule is C=c1ccc2c(c1)[Si](C)(C)c1cc(N(C)C)ccc1C=2c1cc(C(N)=O)ccc1C(=O)O. The van der Waals surface area contributed by atoms with E-state index in [1.54, 1.807) is 6.07 Å². The summed E-state index contributed by atoms with van der Waals surface area (Å²) in [6.07, 6.45) is 0. The second-order valence-electron chi connectivity index (χ2n) is 8.93. The number of carboxylic acid groups (broad SMARTS) is 1. The molecule has 3 aromatic rings. The van der Waals surface area contributed by atoms with Crippen LogP contribution in [0, 0.1) is 0 Å². The van der Waals surface area contributed by atoms with Crippen molar-refractivity contribution in [3.05, 3.63) is 87.3 Å². The number of aromatic carboxylic acids is 1. The molecule has 4 rings (SSSR count). The van der Waals surface area contributed by atoms with Crippen molar-refractivity contribution in [1.29, 1.82) is 0 Å². The smallest absolute Gasteiger partial charge is 0.336 e. The predicted molar refractivity (Wildman–Crippen MR) is 132 cm³/mol. The van der Waals surface area contributed by atoms with Crippen LogP contribution in [-0.4, -0.2) is 39.2 Å². The third-order valence-electron chi connectivity index (χ3n) is 6.29. The van der Waals surface area contributed by atoms with Gasteiger partial charge in [0.1, 0.15) is 8.07 Å². The molecule has 0 unspecified atom stereocenters. The molecular weight excluding hydrogens is 416 g/mol.